The standard InChI is InChI=1S/C24H30N4O3/c1-17-6-8-19(9-7-17)23(29)26-20-13-21(24(30)31)22(25-14-20)28-12-4-5-18(16-28)15-27-10-2-3-11-27/h6-9,13-14,18H,2-5,10-12,15-16H2,1H3,(H,26,29)(H,30,31)/t18-/m1/s1. The van der Waals surface area contributed by atoms with Crippen molar-refractivity contribution in [3.8, 4) is 0 Å². The van der Waals surface area contributed by atoms with Crippen molar-refractivity contribution in [2.75, 3.05) is 42.9 Å². The normalized spacial score (nSPS) is 19.4. The van der Waals surface area contributed by atoms with E-state index >= 15 is 0 Å². The van der Waals surface area contributed by atoms with Gasteiger partial charge in [0.25, 0.3) is 5.91 Å². The molecular weight excluding hydrogens is 392 g/mol. The van der Waals surface area contributed by atoms with Crippen LogP contribution in [0.15, 0.2) is 36.5 Å². The smallest absolute Gasteiger partial charge is 0.339 e. The van der Waals surface area contributed by atoms with E-state index in [4.69, 9.17) is 0 Å². The number of nitrogens with one attached hydrogen (secondary N) is 1. The minimum absolute atomic E-state index is 0.128. The van der Waals surface area contributed by atoms with E-state index in [0.29, 0.717) is 23.0 Å². The van der Waals surface area contributed by atoms with Gasteiger partial charge in [0.1, 0.15) is 11.4 Å². The first-order valence-electron chi connectivity index (χ1n) is 11.1. The summed E-state index contributed by atoms with van der Waals surface area (Å²) in [6.07, 6.45) is 6.30. The van der Waals surface area contributed by atoms with Gasteiger partial charge in [0, 0.05) is 25.2 Å². The number of amides is 1. The van der Waals surface area contributed by atoms with Gasteiger partial charge in [-0.2, -0.15) is 0 Å². The highest BCUT2D eigenvalue weighted by molar-refractivity contribution is 6.05. The van der Waals surface area contributed by atoms with Crippen LogP contribution in [0.1, 0.15) is 52.0 Å². The molecule has 7 heteroatoms. The maximum absolute atomic E-state index is 12.5. The van der Waals surface area contributed by atoms with Crippen molar-refractivity contribution in [1.29, 1.82) is 0 Å². The lowest BCUT2D eigenvalue weighted by atomic mass is 9.97. The number of carbonyl (C=O) groups is 2. The number of aromatic nitrogens is 1. The zero-order valence-electron chi connectivity index (χ0n) is 18.0. The van der Waals surface area contributed by atoms with Crippen molar-refractivity contribution in [3.05, 3.63) is 53.2 Å². The monoisotopic (exact) mass is 422 g/mol. The summed E-state index contributed by atoms with van der Waals surface area (Å²) in [4.78, 5) is 33.6. The minimum atomic E-state index is -1.03. The number of pyridine rings is 1. The number of rotatable bonds is 6. The molecule has 2 aromatic rings. The molecule has 2 aliphatic rings. The van der Waals surface area contributed by atoms with Gasteiger partial charge in [-0.05, 0) is 69.8 Å². The van der Waals surface area contributed by atoms with E-state index in [0.717, 1.165) is 31.6 Å². The predicted octanol–water partition coefficient (Wildman–Crippen LogP) is 3.65. The molecule has 1 atom stereocenters. The number of anilines is 2. The Kier molecular flexibility index (Phi) is 6.51. The van der Waals surface area contributed by atoms with Crippen molar-refractivity contribution in [3.63, 3.8) is 0 Å². The van der Waals surface area contributed by atoms with Gasteiger partial charge in [0.2, 0.25) is 0 Å². The lowest BCUT2D eigenvalue weighted by Crippen LogP contribution is -2.41. The fraction of sp³-hybridized carbons (Fsp3) is 0.458. The summed E-state index contributed by atoms with van der Waals surface area (Å²) in [5.74, 6) is -0.298. The van der Waals surface area contributed by atoms with Crippen LogP contribution in [-0.2, 0) is 0 Å². The largest absolute Gasteiger partial charge is 0.478 e. The summed E-state index contributed by atoms with van der Waals surface area (Å²) >= 11 is 0. The molecule has 2 saturated heterocycles. The molecule has 0 radical (unpaired) electrons. The number of piperidine rings is 1. The number of carboxylic acid groups (broad SMARTS) is 1. The molecule has 7 nitrogen and oxygen atoms in total. The second-order valence-corrected chi connectivity index (χ2v) is 8.68. The Morgan fingerprint density at radius 3 is 2.58 bits per heavy atom. The van der Waals surface area contributed by atoms with Crippen molar-refractivity contribution in [2.45, 2.75) is 32.6 Å². The number of hydrogen-bond donors (Lipinski definition) is 2. The van der Waals surface area contributed by atoms with E-state index in [1.54, 1.807) is 18.3 Å². The molecular formula is C24H30N4O3. The molecule has 2 fully saturated rings. The summed E-state index contributed by atoms with van der Waals surface area (Å²) in [7, 11) is 0. The number of carbonyl (C=O) groups excluding carboxylic acids is 1. The zero-order chi connectivity index (χ0) is 21.8. The molecule has 1 aromatic heterocycles. The van der Waals surface area contributed by atoms with E-state index in [1.165, 1.54) is 38.4 Å². The fourth-order valence-electron chi connectivity index (χ4n) is 4.58. The summed E-state index contributed by atoms with van der Waals surface area (Å²) < 4.78 is 0. The maximum Gasteiger partial charge on any atom is 0.339 e. The van der Waals surface area contributed by atoms with Crippen LogP contribution in [0.5, 0.6) is 0 Å². The highest BCUT2D eigenvalue weighted by Gasteiger charge is 2.27. The lowest BCUT2D eigenvalue weighted by molar-refractivity contribution is 0.0696. The number of benzene rings is 1. The van der Waals surface area contributed by atoms with Crippen LogP contribution in [0.25, 0.3) is 0 Å². The van der Waals surface area contributed by atoms with Crippen molar-refractivity contribution in [2.24, 2.45) is 5.92 Å². The molecule has 2 aliphatic heterocycles. The highest BCUT2D eigenvalue weighted by Crippen LogP contribution is 2.28. The molecule has 0 aliphatic carbocycles. The Hall–Kier alpha value is -2.93. The molecule has 31 heavy (non-hydrogen) atoms. The highest BCUT2D eigenvalue weighted by atomic mass is 16.4. The average molecular weight is 423 g/mol. The van der Waals surface area contributed by atoms with Gasteiger partial charge < -0.3 is 20.2 Å². The molecule has 0 spiro atoms. The van der Waals surface area contributed by atoms with E-state index < -0.39 is 5.97 Å². The van der Waals surface area contributed by atoms with Gasteiger partial charge in [0.05, 0.1) is 11.9 Å². The number of nitrogens with zero attached hydrogens (tertiary/aromatic N) is 3. The Labute approximate surface area is 183 Å². The van der Waals surface area contributed by atoms with E-state index in [2.05, 4.69) is 20.1 Å². The predicted molar refractivity (Wildman–Crippen MR) is 121 cm³/mol. The van der Waals surface area contributed by atoms with Gasteiger partial charge in [-0.15, -0.1) is 0 Å². The molecule has 1 aromatic carbocycles. The summed E-state index contributed by atoms with van der Waals surface area (Å²) in [5, 5.41) is 12.6. The van der Waals surface area contributed by atoms with Gasteiger partial charge in [-0.1, -0.05) is 17.7 Å². The summed E-state index contributed by atoms with van der Waals surface area (Å²) in [5.41, 5.74) is 2.11. The third-order valence-electron chi connectivity index (χ3n) is 6.20. The minimum Gasteiger partial charge on any atom is -0.478 e. The zero-order valence-corrected chi connectivity index (χ0v) is 18.0. The van der Waals surface area contributed by atoms with Gasteiger partial charge >= 0.3 is 5.97 Å². The van der Waals surface area contributed by atoms with Gasteiger partial charge in [-0.25, -0.2) is 9.78 Å². The molecule has 0 bridgehead atoms. The van der Waals surface area contributed by atoms with Crippen molar-refractivity contribution < 1.29 is 14.7 Å². The quantitative estimate of drug-likeness (QED) is 0.739. The van der Waals surface area contributed by atoms with Crippen LogP contribution < -0.4 is 10.2 Å². The third-order valence-corrected chi connectivity index (χ3v) is 6.20. The fourth-order valence-corrected chi connectivity index (χ4v) is 4.58. The van der Waals surface area contributed by atoms with Crippen LogP contribution in [-0.4, -0.2) is 59.6 Å². The molecule has 1 amide bonds. The van der Waals surface area contributed by atoms with E-state index in [9.17, 15) is 14.7 Å². The number of aromatic carboxylic acids is 1. The molecule has 164 valence electrons. The SMILES string of the molecule is Cc1ccc(C(=O)Nc2cnc(N3CCC[C@H](CN4CCCC4)C3)c(C(=O)O)c2)cc1. The summed E-state index contributed by atoms with van der Waals surface area (Å²) in [6.45, 7) is 7.00. The Morgan fingerprint density at radius 1 is 1.13 bits per heavy atom. The third kappa shape index (κ3) is 5.22. The number of likely N-dealkylation sites (tertiary alicyclic amines) is 1. The maximum atomic E-state index is 12.5. The van der Waals surface area contributed by atoms with Crippen LogP contribution >= 0.6 is 0 Å². The topological polar surface area (TPSA) is 85.8 Å². The van der Waals surface area contributed by atoms with Crippen LogP contribution in [0.2, 0.25) is 0 Å². The molecule has 2 N–H and O–H groups in total. The van der Waals surface area contributed by atoms with Crippen molar-refractivity contribution in [1.82, 2.24) is 9.88 Å². The second kappa shape index (κ2) is 9.47. The molecule has 4 rings (SSSR count). The Morgan fingerprint density at radius 2 is 1.87 bits per heavy atom. The number of hydrogen-bond acceptors (Lipinski definition) is 5. The second-order valence-electron chi connectivity index (χ2n) is 8.68. The van der Waals surface area contributed by atoms with Gasteiger partial charge in [0.15, 0.2) is 0 Å². The Balaban J connectivity index is 1.48. The van der Waals surface area contributed by atoms with Crippen LogP contribution in [0.3, 0.4) is 0 Å². The first kappa shape index (κ1) is 21.3. The molecule has 3 heterocycles. The number of aryl methyl sites for hydroxylation is 1. The first-order chi connectivity index (χ1) is 15.0. The van der Waals surface area contributed by atoms with Crippen LogP contribution in [0.4, 0.5) is 11.5 Å². The number of carboxylic acids is 1. The lowest BCUT2D eigenvalue weighted by Gasteiger charge is -2.36. The van der Waals surface area contributed by atoms with Crippen molar-refractivity contribution >= 4 is 23.4 Å². The first-order valence-corrected chi connectivity index (χ1v) is 11.1. The Bertz CT molecular complexity index is 938. The average Bonchev–Trinajstić information content (AvgIpc) is 3.27. The molecule has 0 saturated carbocycles. The van der Waals surface area contributed by atoms with Gasteiger partial charge in [-0.3, -0.25) is 4.79 Å². The molecule has 0 unspecified atom stereocenters. The van der Waals surface area contributed by atoms with E-state index in [-0.39, 0.29) is 11.5 Å². The van der Waals surface area contributed by atoms with E-state index in [1.807, 2.05) is 19.1 Å². The summed E-state index contributed by atoms with van der Waals surface area (Å²) in [6, 6.07) is 8.75. The van der Waals surface area contributed by atoms with Crippen LogP contribution in [0, 0.1) is 12.8 Å².